The number of benzene rings is 2. The number of H-pyrrole nitrogens is 1. The van der Waals surface area contributed by atoms with Crippen LogP contribution >= 0.6 is 0 Å². The molecule has 2 heterocycles. The zero-order valence-corrected chi connectivity index (χ0v) is 14.0. The first kappa shape index (κ1) is 15.8. The molecule has 1 aliphatic heterocycles. The summed E-state index contributed by atoms with van der Waals surface area (Å²) in [6.45, 7) is 0.266. The van der Waals surface area contributed by atoms with Crippen LogP contribution in [-0.4, -0.2) is 42.5 Å². The van der Waals surface area contributed by atoms with Crippen molar-refractivity contribution < 1.29 is 17.6 Å². The van der Waals surface area contributed by atoms with Gasteiger partial charge in [-0.05, 0) is 36.4 Å². The molecule has 1 aliphatic rings. The van der Waals surface area contributed by atoms with Gasteiger partial charge in [0.2, 0.25) is 0 Å². The third kappa shape index (κ3) is 2.70. The summed E-state index contributed by atoms with van der Waals surface area (Å²) in [4.78, 5) is 17.1. The molecule has 1 fully saturated rings. The van der Waals surface area contributed by atoms with Crippen molar-refractivity contribution >= 4 is 26.6 Å². The van der Waals surface area contributed by atoms with Crippen molar-refractivity contribution in [3.8, 4) is 0 Å². The van der Waals surface area contributed by atoms with Gasteiger partial charge in [-0.2, -0.15) is 0 Å². The molecule has 0 bridgehead atoms. The summed E-state index contributed by atoms with van der Waals surface area (Å²) in [5.41, 5.74) is 1.31. The smallest absolute Gasteiger partial charge is 0.270 e. The third-order valence-electron chi connectivity index (χ3n) is 4.48. The fourth-order valence-corrected chi connectivity index (χ4v) is 4.63. The standard InChI is InChI=1S/C18H15FN2O3S/c19-13-5-7-14(8-6-13)25(23,24)15-10-21(11-15)18(22)17-9-12-3-1-2-4-16(12)20-17/h1-9,15,20H,10-11H2. The Balaban J connectivity index is 1.49. The van der Waals surface area contributed by atoms with Gasteiger partial charge in [0.15, 0.2) is 9.84 Å². The van der Waals surface area contributed by atoms with E-state index < -0.39 is 20.9 Å². The van der Waals surface area contributed by atoms with Crippen molar-refractivity contribution in [3.63, 3.8) is 0 Å². The number of para-hydroxylation sites is 1. The molecule has 1 aromatic heterocycles. The van der Waals surface area contributed by atoms with Gasteiger partial charge in [-0.3, -0.25) is 4.79 Å². The van der Waals surface area contributed by atoms with Crippen LogP contribution in [0.25, 0.3) is 10.9 Å². The van der Waals surface area contributed by atoms with Crippen LogP contribution in [0.15, 0.2) is 59.5 Å². The number of likely N-dealkylation sites (tertiary alicyclic amines) is 1. The lowest BCUT2D eigenvalue weighted by molar-refractivity contribution is 0.0653. The fourth-order valence-electron chi connectivity index (χ4n) is 2.98. The highest BCUT2D eigenvalue weighted by Gasteiger charge is 2.41. The summed E-state index contributed by atoms with van der Waals surface area (Å²) in [5, 5.41) is 0.271. The first-order valence-corrected chi connectivity index (χ1v) is 9.36. The van der Waals surface area contributed by atoms with Crippen molar-refractivity contribution in [3.05, 3.63) is 66.1 Å². The molecule has 0 spiro atoms. The van der Waals surface area contributed by atoms with Crippen LogP contribution in [0.2, 0.25) is 0 Å². The lowest BCUT2D eigenvalue weighted by atomic mass is 10.2. The van der Waals surface area contributed by atoms with Crippen molar-refractivity contribution in [2.75, 3.05) is 13.1 Å². The molecule has 3 aromatic rings. The summed E-state index contributed by atoms with van der Waals surface area (Å²) in [7, 11) is -3.56. The van der Waals surface area contributed by atoms with Gasteiger partial charge in [0.25, 0.3) is 5.91 Å². The average Bonchev–Trinajstić information content (AvgIpc) is 2.97. The van der Waals surface area contributed by atoms with Crippen LogP contribution in [0, 0.1) is 5.82 Å². The molecule has 128 valence electrons. The summed E-state index contributed by atoms with van der Waals surface area (Å²) >= 11 is 0. The van der Waals surface area contributed by atoms with Crippen molar-refractivity contribution in [1.29, 1.82) is 0 Å². The highest BCUT2D eigenvalue weighted by molar-refractivity contribution is 7.92. The van der Waals surface area contributed by atoms with E-state index in [0.717, 1.165) is 23.0 Å². The molecule has 1 N–H and O–H groups in total. The zero-order valence-electron chi connectivity index (χ0n) is 13.1. The second-order valence-corrected chi connectivity index (χ2v) is 8.33. The summed E-state index contributed by atoms with van der Waals surface area (Å²) < 4.78 is 38.0. The number of carbonyl (C=O) groups is 1. The van der Waals surface area contributed by atoms with E-state index in [1.54, 1.807) is 6.07 Å². The molecule has 0 saturated carbocycles. The fraction of sp³-hybridized carbons (Fsp3) is 0.167. The molecule has 1 amide bonds. The molecule has 0 unspecified atom stereocenters. The number of sulfone groups is 1. The minimum absolute atomic E-state index is 0.0802. The maximum absolute atomic E-state index is 13.0. The van der Waals surface area contributed by atoms with Gasteiger partial charge in [0, 0.05) is 24.0 Å². The van der Waals surface area contributed by atoms with Gasteiger partial charge in [-0.15, -0.1) is 0 Å². The number of aromatic nitrogens is 1. The maximum Gasteiger partial charge on any atom is 0.270 e. The average molecular weight is 358 g/mol. The van der Waals surface area contributed by atoms with E-state index in [9.17, 15) is 17.6 Å². The van der Waals surface area contributed by atoms with E-state index in [0.29, 0.717) is 5.69 Å². The van der Waals surface area contributed by atoms with E-state index in [-0.39, 0.29) is 23.9 Å². The van der Waals surface area contributed by atoms with Crippen molar-refractivity contribution in [2.24, 2.45) is 0 Å². The molecular formula is C18H15FN2O3S. The van der Waals surface area contributed by atoms with Gasteiger partial charge in [0.05, 0.1) is 4.90 Å². The second-order valence-electron chi connectivity index (χ2n) is 6.10. The Hall–Kier alpha value is -2.67. The van der Waals surface area contributed by atoms with Crippen LogP contribution in [0.4, 0.5) is 4.39 Å². The second kappa shape index (κ2) is 5.70. The number of nitrogens with zero attached hydrogens (tertiary/aromatic N) is 1. The number of carbonyl (C=O) groups excluding carboxylic acids is 1. The van der Waals surface area contributed by atoms with E-state index in [4.69, 9.17) is 0 Å². The number of amides is 1. The van der Waals surface area contributed by atoms with E-state index in [1.807, 2.05) is 24.3 Å². The number of fused-ring (bicyclic) bond motifs is 1. The summed E-state index contributed by atoms with van der Waals surface area (Å²) in [5.74, 6) is -0.704. The Labute approximate surface area is 144 Å². The Kier molecular flexibility index (Phi) is 3.61. The van der Waals surface area contributed by atoms with Gasteiger partial charge in [-0.1, -0.05) is 18.2 Å². The molecule has 0 radical (unpaired) electrons. The number of hydrogen-bond donors (Lipinski definition) is 1. The Bertz CT molecular complexity index is 1020. The van der Waals surface area contributed by atoms with E-state index in [2.05, 4.69) is 4.98 Å². The molecule has 4 rings (SSSR count). The Morgan fingerprint density at radius 3 is 2.44 bits per heavy atom. The third-order valence-corrected chi connectivity index (χ3v) is 6.58. The van der Waals surface area contributed by atoms with Crippen LogP contribution in [-0.2, 0) is 9.84 Å². The minimum Gasteiger partial charge on any atom is -0.351 e. The van der Waals surface area contributed by atoms with E-state index in [1.165, 1.54) is 17.0 Å². The molecule has 0 aliphatic carbocycles. The van der Waals surface area contributed by atoms with Gasteiger partial charge >= 0.3 is 0 Å². The molecule has 7 heteroatoms. The largest absolute Gasteiger partial charge is 0.351 e. The Morgan fingerprint density at radius 1 is 1.08 bits per heavy atom. The lowest BCUT2D eigenvalue weighted by Gasteiger charge is -2.38. The SMILES string of the molecule is O=C(c1cc2ccccc2[nH]1)N1CC(S(=O)(=O)c2ccc(F)cc2)C1. The van der Waals surface area contributed by atoms with Gasteiger partial charge < -0.3 is 9.88 Å². The molecule has 5 nitrogen and oxygen atoms in total. The van der Waals surface area contributed by atoms with Crippen LogP contribution in [0.5, 0.6) is 0 Å². The first-order valence-electron chi connectivity index (χ1n) is 7.81. The number of rotatable bonds is 3. The lowest BCUT2D eigenvalue weighted by Crippen LogP contribution is -2.56. The van der Waals surface area contributed by atoms with Crippen LogP contribution < -0.4 is 0 Å². The highest BCUT2D eigenvalue weighted by atomic mass is 32.2. The molecular weight excluding hydrogens is 343 g/mol. The first-order chi connectivity index (χ1) is 11.9. The summed E-state index contributed by atoms with van der Waals surface area (Å²) in [6, 6.07) is 14.1. The monoisotopic (exact) mass is 358 g/mol. The van der Waals surface area contributed by atoms with Crippen LogP contribution in [0.3, 0.4) is 0 Å². The zero-order chi connectivity index (χ0) is 17.6. The van der Waals surface area contributed by atoms with Gasteiger partial charge in [-0.25, -0.2) is 12.8 Å². The minimum atomic E-state index is -3.56. The Morgan fingerprint density at radius 2 is 1.76 bits per heavy atom. The maximum atomic E-state index is 13.0. The predicted molar refractivity (Wildman–Crippen MR) is 91.6 cm³/mol. The van der Waals surface area contributed by atoms with Crippen molar-refractivity contribution in [2.45, 2.75) is 10.1 Å². The quantitative estimate of drug-likeness (QED) is 0.732. The topological polar surface area (TPSA) is 70.2 Å². The molecule has 1 saturated heterocycles. The van der Waals surface area contributed by atoms with E-state index >= 15 is 0 Å². The van der Waals surface area contributed by atoms with Crippen LogP contribution in [0.1, 0.15) is 10.5 Å². The highest BCUT2D eigenvalue weighted by Crippen LogP contribution is 2.26. The number of nitrogens with one attached hydrogen (secondary N) is 1. The number of hydrogen-bond acceptors (Lipinski definition) is 3. The number of halogens is 1. The normalized spacial score (nSPS) is 15.3. The molecule has 2 aromatic carbocycles. The molecule has 25 heavy (non-hydrogen) atoms. The van der Waals surface area contributed by atoms with Crippen molar-refractivity contribution in [1.82, 2.24) is 9.88 Å². The number of aromatic amines is 1. The summed E-state index contributed by atoms with van der Waals surface area (Å²) in [6.07, 6.45) is 0. The predicted octanol–water partition coefficient (Wildman–Crippen LogP) is 2.61. The molecule has 0 atom stereocenters. The van der Waals surface area contributed by atoms with Gasteiger partial charge in [0.1, 0.15) is 16.8 Å².